The highest BCUT2D eigenvalue weighted by molar-refractivity contribution is 5.73. The van der Waals surface area contributed by atoms with Crippen molar-refractivity contribution < 1.29 is 14.3 Å². The van der Waals surface area contributed by atoms with E-state index in [1.165, 1.54) is 19.3 Å². The summed E-state index contributed by atoms with van der Waals surface area (Å²) in [6, 6.07) is 0.332. The van der Waals surface area contributed by atoms with Gasteiger partial charge in [0.1, 0.15) is 5.60 Å². The third-order valence-corrected chi connectivity index (χ3v) is 3.89. The van der Waals surface area contributed by atoms with E-state index in [0.29, 0.717) is 6.04 Å². The van der Waals surface area contributed by atoms with Crippen molar-refractivity contribution in [2.45, 2.75) is 71.4 Å². The molecule has 23 heavy (non-hydrogen) atoms. The van der Waals surface area contributed by atoms with Gasteiger partial charge in [0.2, 0.25) is 5.91 Å². The van der Waals surface area contributed by atoms with Crippen molar-refractivity contribution in [1.82, 2.24) is 15.5 Å². The summed E-state index contributed by atoms with van der Waals surface area (Å²) in [5, 5.41) is 6.09. The normalized spacial score (nSPS) is 19.4. The zero-order valence-electron chi connectivity index (χ0n) is 15.1. The molecule has 2 rings (SSSR count). The minimum absolute atomic E-state index is 0.191. The summed E-state index contributed by atoms with van der Waals surface area (Å²) in [5.41, 5.74) is -0.390. The topological polar surface area (TPSA) is 70.7 Å². The fourth-order valence-electron chi connectivity index (χ4n) is 2.70. The maximum absolute atomic E-state index is 11.4. The number of alkyl carbamates (subject to hydrolysis) is 1. The van der Waals surface area contributed by atoms with Crippen LogP contribution in [0.15, 0.2) is 0 Å². The molecule has 0 aromatic heterocycles. The molecule has 0 bridgehead atoms. The smallest absolute Gasteiger partial charge is 0.407 e. The van der Waals surface area contributed by atoms with Crippen molar-refractivity contribution in [2.24, 2.45) is 0 Å². The molecule has 1 saturated heterocycles. The molecule has 0 radical (unpaired) electrons. The van der Waals surface area contributed by atoms with Crippen LogP contribution in [0.4, 0.5) is 4.79 Å². The Morgan fingerprint density at radius 2 is 1.65 bits per heavy atom. The van der Waals surface area contributed by atoms with E-state index in [0.717, 1.165) is 39.0 Å². The molecule has 6 nitrogen and oxygen atoms in total. The lowest BCUT2D eigenvalue weighted by atomic mass is 9.96. The molecule has 0 spiro atoms. The number of nitrogens with zero attached hydrogens (tertiary/aromatic N) is 1. The van der Waals surface area contributed by atoms with Crippen molar-refractivity contribution in [3.05, 3.63) is 0 Å². The van der Waals surface area contributed by atoms with Gasteiger partial charge in [-0.2, -0.15) is 0 Å². The monoisotopic (exact) mass is 327 g/mol. The van der Waals surface area contributed by atoms with Crippen LogP contribution in [0.5, 0.6) is 0 Å². The van der Waals surface area contributed by atoms with Crippen LogP contribution < -0.4 is 10.6 Å². The molecule has 2 fully saturated rings. The summed E-state index contributed by atoms with van der Waals surface area (Å²) in [4.78, 5) is 23.9. The Morgan fingerprint density at radius 1 is 1.09 bits per heavy atom. The lowest BCUT2D eigenvalue weighted by Crippen LogP contribution is -2.45. The summed E-state index contributed by atoms with van der Waals surface area (Å²) in [7, 11) is 0. The maximum atomic E-state index is 11.4. The molecule has 0 aromatic carbocycles. The summed E-state index contributed by atoms with van der Waals surface area (Å²) in [6.45, 7) is 10.9. The predicted octanol–water partition coefficient (Wildman–Crippen LogP) is 2.28. The lowest BCUT2D eigenvalue weighted by Gasteiger charge is -2.25. The van der Waals surface area contributed by atoms with Crippen LogP contribution in [-0.4, -0.2) is 54.7 Å². The van der Waals surface area contributed by atoms with Crippen molar-refractivity contribution in [3.63, 3.8) is 0 Å². The van der Waals surface area contributed by atoms with Gasteiger partial charge in [-0.3, -0.25) is 4.79 Å². The summed E-state index contributed by atoms with van der Waals surface area (Å²) in [6.07, 6.45) is 5.66. The third kappa shape index (κ3) is 9.43. The van der Waals surface area contributed by atoms with Gasteiger partial charge >= 0.3 is 6.09 Å². The van der Waals surface area contributed by atoms with Crippen LogP contribution >= 0.6 is 0 Å². The molecular weight excluding hydrogens is 294 g/mol. The Bertz CT molecular complexity index is 368. The number of amides is 2. The van der Waals surface area contributed by atoms with Crippen LogP contribution in [0.3, 0.4) is 0 Å². The first-order chi connectivity index (χ1) is 10.8. The molecule has 6 heteroatoms. The first-order valence-corrected chi connectivity index (χ1v) is 8.73. The highest BCUT2D eigenvalue weighted by Crippen LogP contribution is 2.18. The second-order valence-electron chi connectivity index (χ2n) is 7.24. The Kier molecular flexibility index (Phi) is 8.37. The van der Waals surface area contributed by atoms with E-state index >= 15 is 0 Å². The van der Waals surface area contributed by atoms with E-state index in [2.05, 4.69) is 10.6 Å². The first-order valence-electron chi connectivity index (χ1n) is 8.73. The summed E-state index contributed by atoms with van der Waals surface area (Å²) in [5.74, 6) is 0.191. The first kappa shape index (κ1) is 19.7. The van der Waals surface area contributed by atoms with E-state index < -0.39 is 5.60 Å². The second kappa shape index (κ2) is 9.75. The average molecular weight is 327 g/mol. The highest BCUT2D eigenvalue weighted by Gasteiger charge is 2.20. The van der Waals surface area contributed by atoms with E-state index in [9.17, 15) is 9.59 Å². The van der Waals surface area contributed by atoms with E-state index in [4.69, 9.17) is 4.74 Å². The zero-order chi connectivity index (χ0) is 17.3. The van der Waals surface area contributed by atoms with Crippen molar-refractivity contribution >= 4 is 12.0 Å². The van der Waals surface area contributed by atoms with E-state index in [-0.39, 0.29) is 12.0 Å². The second-order valence-corrected chi connectivity index (χ2v) is 7.24. The SMILES string of the molecule is CC(=O)N1CCNCC1.CC(C)(C)OC(=O)NC1CCCCC1. The number of carbonyl (C=O) groups excluding carboxylic acids is 2. The van der Waals surface area contributed by atoms with Crippen LogP contribution in [-0.2, 0) is 9.53 Å². The summed E-state index contributed by atoms with van der Waals surface area (Å²) < 4.78 is 5.19. The molecule has 1 saturated carbocycles. The van der Waals surface area contributed by atoms with Gasteiger partial charge in [0.25, 0.3) is 0 Å². The molecular formula is C17H33N3O3. The minimum atomic E-state index is -0.390. The molecule has 0 aromatic rings. The zero-order valence-corrected chi connectivity index (χ0v) is 15.1. The van der Waals surface area contributed by atoms with Gasteiger partial charge in [-0.05, 0) is 33.6 Å². The Morgan fingerprint density at radius 3 is 2.09 bits per heavy atom. The van der Waals surface area contributed by atoms with Gasteiger partial charge in [-0.15, -0.1) is 0 Å². The van der Waals surface area contributed by atoms with Crippen LogP contribution in [0.1, 0.15) is 59.8 Å². The number of piperazine rings is 1. The van der Waals surface area contributed by atoms with Crippen molar-refractivity contribution in [2.75, 3.05) is 26.2 Å². The highest BCUT2D eigenvalue weighted by atomic mass is 16.6. The van der Waals surface area contributed by atoms with Crippen LogP contribution in [0, 0.1) is 0 Å². The van der Waals surface area contributed by atoms with Crippen LogP contribution in [0.25, 0.3) is 0 Å². The number of nitrogens with one attached hydrogen (secondary N) is 2. The number of ether oxygens (including phenoxy) is 1. The largest absolute Gasteiger partial charge is 0.444 e. The Hall–Kier alpha value is -1.30. The van der Waals surface area contributed by atoms with Crippen molar-refractivity contribution in [1.29, 1.82) is 0 Å². The molecule has 0 atom stereocenters. The van der Waals surface area contributed by atoms with Gasteiger partial charge < -0.3 is 20.3 Å². The Labute approximate surface area is 140 Å². The molecule has 2 N–H and O–H groups in total. The lowest BCUT2D eigenvalue weighted by molar-refractivity contribution is -0.129. The number of carbonyl (C=O) groups is 2. The molecule has 1 aliphatic heterocycles. The molecule has 1 aliphatic carbocycles. The van der Waals surface area contributed by atoms with Crippen molar-refractivity contribution in [3.8, 4) is 0 Å². The molecule has 1 heterocycles. The minimum Gasteiger partial charge on any atom is -0.444 e. The fraction of sp³-hybridized carbons (Fsp3) is 0.882. The van der Waals surface area contributed by atoms with Gasteiger partial charge in [-0.25, -0.2) is 4.79 Å². The summed E-state index contributed by atoms with van der Waals surface area (Å²) >= 11 is 0. The quantitative estimate of drug-likeness (QED) is 0.775. The number of hydrogen-bond donors (Lipinski definition) is 2. The molecule has 2 amide bonds. The number of hydrogen-bond acceptors (Lipinski definition) is 4. The van der Waals surface area contributed by atoms with Gasteiger partial charge in [0.15, 0.2) is 0 Å². The molecule has 134 valence electrons. The fourth-order valence-corrected chi connectivity index (χ4v) is 2.70. The molecule has 2 aliphatic rings. The predicted molar refractivity (Wildman–Crippen MR) is 91.4 cm³/mol. The third-order valence-electron chi connectivity index (χ3n) is 3.89. The van der Waals surface area contributed by atoms with Gasteiger partial charge in [-0.1, -0.05) is 19.3 Å². The standard InChI is InChI=1S/C11H21NO2.C6H12N2O/c1-11(2,3)14-10(13)12-9-7-5-4-6-8-9;1-6(9)8-4-2-7-3-5-8/h9H,4-8H2,1-3H3,(H,12,13);7H,2-5H2,1H3. The van der Waals surface area contributed by atoms with Gasteiger partial charge in [0.05, 0.1) is 0 Å². The van der Waals surface area contributed by atoms with E-state index in [1.54, 1.807) is 6.92 Å². The van der Waals surface area contributed by atoms with Crippen LogP contribution in [0.2, 0.25) is 0 Å². The Balaban J connectivity index is 0.000000253. The maximum Gasteiger partial charge on any atom is 0.407 e. The van der Waals surface area contributed by atoms with Gasteiger partial charge in [0, 0.05) is 39.1 Å². The van der Waals surface area contributed by atoms with E-state index in [1.807, 2.05) is 25.7 Å². The number of rotatable bonds is 1. The average Bonchev–Trinajstić information content (AvgIpc) is 2.48. The molecule has 0 unspecified atom stereocenters.